The zero-order valence-electron chi connectivity index (χ0n) is 16.0. The molecule has 1 heterocycles. The number of benzene rings is 3. The number of aromatic amines is 1. The van der Waals surface area contributed by atoms with E-state index in [0.29, 0.717) is 33.2 Å². The normalized spacial score (nSPS) is 10.9. The Morgan fingerprint density at radius 1 is 1.03 bits per heavy atom. The van der Waals surface area contributed by atoms with E-state index in [9.17, 15) is 4.79 Å². The van der Waals surface area contributed by atoms with Gasteiger partial charge in [-0.25, -0.2) is 4.98 Å². The second kappa shape index (κ2) is 7.97. The Bertz CT molecular complexity index is 1250. The number of nitrogens with one attached hydrogen (secondary N) is 1. The highest BCUT2D eigenvalue weighted by Gasteiger charge is 2.11. The van der Waals surface area contributed by atoms with Gasteiger partial charge in [0.2, 0.25) is 0 Å². The second-order valence-electron chi connectivity index (χ2n) is 6.68. The van der Waals surface area contributed by atoms with Crippen molar-refractivity contribution in [1.82, 2.24) is 9.97 Å². The molecule has 0 aliphatic rings. The molecule has 1 aromatic heterocycles. The maximum absolute atomic E-state index is 12.4. The molecule has 4 aromatic rings. The van der Waals surface area contributed by atoms with E-state index < -0.39 is 0 Å². The van der Waals surface area contributed by atoms with Crippen molar-refractivity contribution in [3.8, 4) is 22.9 Å². The van der Waals surface area contributed by atoms with Crippen LogP contribution in [0.3, 0.4) is 0 Å². The molecule has 0 saturated heterocycles. The van der Waals surface area contributed by atoms with Crippen LogP contribution in [0.5, 0.6) is 11.5 Å². The Morgan fingerprint density at radius 2 is 1.83 bits per heavy atom. The fourth-order valence-corrected chi connectivity index (χ4v) is 3.43. The number of hydrogen-bond donors (Lipinski definition) is 1. The molecular formula is C23H19ClN2O3. The number of H-pyrrole nitrogens is 1. The van der Waals surface area contributed by atoms with Crippen molar-refractivity contribution in [1.29, 1.82) is 0 Å². The maximum atomic E-state index is 12.4. The van der Waals surface area contributed by atoms with Gasteiger partial charge in [-0.2, -0.15) is 0 Å². The van der Waals surface area contributed by atoms with E-state index in [0.717, 1.165) is 16.7 Å². The molecule has 0 amide bonds. The molecule has 6 heteroatoms. The number of ether oxygens (including phenoxy) is 2. The monoisotopic (exact) mass is 406 g/mol. The number of rotatable bonds is 5. The van der Waals surface area contributed by atoms with Gasteiger partial charge in [-0.1, -0.05) is 29.8 Å². The predicted molar refractivity (Wildman–Crippen MR) is 115 cm³/mol. The van der Waals surface area contributed by atoms with Crippen molar-refractivity contribution in [3.63, 3.8) is 0 Å². The van der Waals surface area contributed by atoms with E-state index >= 15 is 0 Å². The van der Waals surface area contributed by atoms with Gasteiger partial charge < -0.3 is 14.5 Å². The summed E-state index contributed by atoms with van der Waals surface area (Å²) in [6, 6.07) is 18.5. The van der Waals surface area contributed by atoms with E-state index in [1.807, 2.05) is 61.5 Å². The largest absolute Gasteiger partial charge is 0.496 e. The van der Waals surface area contributed by atoms with Crippen molar-refractivity contribution in [2.45, 2.75) is 13.5 Å². The summed E-state index contributed by atoms with van der Waals surface area (Å²) in [5.41, 5.74) is 3.12. The minimum Gasteiger partial charge on any atom is -0.496 e. The zero-order chi connectivity index (χ0) is 20.4. The molecule has 3 aromatic carbocycles. The number of hydrogen-bond acceptors (Lipinski definition) is 4. The lowest BCUT2D eigenvalue weighted by molar-refractivity contribution is 0.297. The Hall–Kier alpha value is -3.31. The molecule has 0 unspecified atom stereocenters. The number of fused-ring (bicyclic) bond motifs is 1. The summed E-state index contributed by atoms with van der Waals surface area (Å²) in [6.45, 7) is 2.23. The van der Waals surface area contributed by atoms with Crippen molar-refractivity contribution in [2.75, 3.05) is 7.11 Å². The van der Waals surface area contributed by atoms with Gasteiger partial charge in [-0.15, -0.1) is 0 Å². The van der Waals surface area contributed by atoms with Crippen molar-refractivity contribution >= 4 is 22.5 Å². The van der Waals surface area contributed by atoms with Crippen LogP contribution in [-0.2, 0) is 6.61 Å². The molecule has 146 valence electrons. The predicted octanol–water partition coefficient (Wildman–Crippen LogP) is 5.14. The van der Waals surface area contributed by atoms with E-state index in [1.165, 1.54) is 0 Å². The quantitative estimate of drug-likeness (QED) is 0.498. The van der Waals surface area contributed by atoms with Gasteiger partial charge in [0.25, 0.3) is 5.56 Å². The van der Waals surface area contributed by atoms with E-state index in [1.54, 1.807) is 13.2 Å². The Morgan fingerprint density at radius 3 is 2.62 bits per heavy atom. The maximum Gasteiger partial charge on any atom is 0.259 e. The fraction of sp³-hybridized carbons (Fsp3) is 0.130. The standard InChI is InChI=1S/C23H19ClN2O3/c1-14-7-9-21(18(24)11-14)29-13-16-12-15(8-10-20(16)28-2)22-25-19-6-4-3-5-17(19)23(27)26-22/h3-12H,13H2,1-2H3,(H,25,26,27). The van der Waals surface area contributed by atoms with Crippen molar-refractivity contribution in [2.24, 2.45) is 0 Å². The summed E-state index contributed by atoms with van der Waals surface area (Å²) in [6.07, 6.45) is 0. The number of halogens is 1. The molecule has 0 aliphatic heterocycles. The average molecular weight is 407 g/mol. The van der Waals surface area contributed by atoms with E-state index in [-0.39, 0.29) is 12.2 Å². The van der Waals surface area contributed by atoms with Crippen LogP contribution in [0.4, 0.5) is 0 Å². The summed E-state index contributed by atoms with van der Waals surface area (Å²) in [5.74, 6) is 1.77. The van der Waals surface area contributed by atoms with Gasteiger partial charge in [0.1, 0.15) is 23.9 Å². The summed E-state index contributed by atoms with van der Waals surface area (Å²) in [7, 11) is 1.60. The Kier molecular flexibility index (Phi) is 5.23. The first-order chi connectivity index (χ1) is 14.0. The molecule has 0 spiro atoms. The van der Waals surface area contributed by atoms with Gasteiger partial charge in [0.05, 0.1) is 23.0 Å². The third-order valence-corrected chi connectivity index (χ3v) is 4.93. The number of para-hydroxylation sites is 1. The van der Waals surface area contributed by atoms with Crippen molar-refractivity contribution in [3.05, 3.63) is 87.2 Å². The van der Waals surface area contributed by atoms with E-state index in [2.05, 4.69) is 9.97 Å². The van der Waals surface area contributed by atoms with Crippen molar-refractivity contribution < 1.29 is 9.47 Å². The highest BCUT2D eigenvalue weighted by Crippen LogP contribution is 2.29. The topological polar surface area (TPSA) is 64.2 Å². The van der Waals surface area contributed by atoms with Crippen LogP contribution < -0.4 is 15.0 Å². The number of methoxy groups -OCH3 is 1. The van der Waals surface area contributed by atoms with Crippen LogP contribution in [-0.4, -0.2) is 17.1 Å². The van der Waals surface area contributed by atoms with Gasteiger partial charge in [-0.05, 0) is 55.0 Å². The van der Waals surface area contributed by atoms with Gasteiger partial charge in [0, 0.05) is 11.1 Å². The fourth-order valence-electron chi connectivity index (χ4n) is 3.14. The number of aryl methyl sites for hydroxylation is 1. The van der Waals surface area contributed by atoms with Crippen LogP contribution in [0.2, 0.25) is 5.02 Å². The van der Waals surface area contributed by atoms with Crippen LogP contribution in [0.25, 0.3) is 22.3 Å². The first-order valence-electron chi connectivity index (χ1n) is 9.10. The molecule has 0 fully saturated rings. The molecule has 5 nitrogen and oxygen atoms in total. The second-order valence-corrected chi connectivity index (χ2v) is 7.09. The Balaban J connectivity index is 1.69. The molecule has 0 saturated carbocycles. The molecule has 0 radical (unpaired) electrons. The highest BCUT2D eigenvalue weighted by atomic mass is 35.5. The lowest BCUT2D eigenvalue weighted by Crippen LogP contribution is -2.09. The lowest BCUT2D eigenvalue weighted by Gasteiger charge is -2.13. The van der Waals surface area contributed by atoms with Crippen LogP contribution >= 0.6 is 11.6 Å². The first-order valence-corrected chi connectivity index (χ1v) is 9.48. The van der Waals surface area contributed by atoms with Crippen LogP contribution in [0, 0.1) is 6.92 Å². The summed E-state index contributed by atoms with van der Waals surface area (Å²) in [5, 5.41) is 1.11. The molecule has 1 N–H and O–H groups in total. The molecule has 4 rings (SSSR count). The Labute approximate surface area is 172 Å². The van der Waals surface area contributed by atoms with Gasteiger partial charge in [0.15, 0.2) is 0 Å². The summed E-state index contributed by atoms with van der Waals surface area (Å²) < 4.78 is 11.4. The lowest BCUT2D eigenvalue weighted by atomic mass is 10.1. The third-order valence-electron chi connectivity index (χ3n) is 4.64. The first kappa shape index (κ1) is 19.0. The minimum atomic E-state index is -0.175. The van der Waals surface area contributed by atoms with Crippen LogP contribution in [0.15, 0.2) is 65.5 Å². The molecule has 0 bridgehead atoms. The molecule has 0 atom stereocenters. The molecular weight excluding hydrogens is 388 g/mol. The summed E-state index contributed by atoms with van der Waals surface area (Å²) in [4.78, 5) is 19.8. The SMILES string of the molecule is COc1ccc(-c2nc3ccccc3c(=O)[nH]2)cc1COc1ccc(C)cc1Cl. The number of aromatic nitrogens is 2. The average Bonchev–Trinajstić information content (AvgIpc) is 2.73. The smallest absolute Gasteiger partial charge is 0.259 e. The highest BCUT2D eigenvalue weighted by molar-refractivity contribution is 6.32. The summed E-state index contributed by atoms with van der Waals surface area (Å²) >= 11 is 6.26. The zero-order valence-corrected chi connectivity index (χ0v) is 16.8. The number of nitrogens with zero attached hydrogens (tertiary/aromatic N) is 1. The van der Waals surface area contributed by atoms with Crippen LogP contribution in [0.1, 0.15) is 11.1 Å². The molecule has 0 aliphatic carbocycles. The minimum absolute atomic E-state index is 0.175. The third kappa shape index (κ3) is 3.96. The van der Waals surface area contributed by atoms with E-state index in [4.69, 9.17) is 21.1 Å². The molecule has 29 heavy (non-hydrogen) atoms. The van der Waals surface area contributed by atoms with Gasteiger partial charge >= 0.3 is 0 Å². The van der Waals surface area contributed by atoms with Gasteiger partial charge in [-0.3, -0.25) is 4.79 Å².